The van der Waals surface area contributed by atoms with E-state index in [4.69, 9.17) is 4.74 Å². The summed E-state index contributed by atoms with van der Waals surface area (Å²) in [4.78, 5) is 49.6. The third-order valence-electron chi connectivity index (χ3n) is 10.8. The Hall–Kier alpha value is -4.35. The standard InChI is InChI=1S/C38H48N6O5/c1-4-22-41(26-28-16-10-9-11-17-28)34(46)31-32-35(47)43(24-14-7-8-15-25-45)33(38(32)21-20-37(31,6-3)49-38)36(48)42(23-5-2)27-44-30-19-13-12-18-29(30)39-40-44/h4-5,9-13,16-19,31-33,45H,1-2,6-8,14-15,20-27H2,3H3/t31-,32+,33?,37+,38?/m1/s1. The lowest BCUT2D eigenvalue weighted by atomic mass is 9.64. The van der Waals surface area contributed by atoms with E-state index in [0.717, 1.165) is 29.4 Å². The van der Waals surface area contributed by atoms with Crippen LogP contribution in [0.15, 0.2) is 79.9 Å². The number of hydrogen-bond acceptors (Lipinski definition) is 7. The van der Waals surface area contributed by atoms with Crippen LogP contribution in [0.4, 0.5) is 0 Å². The molecule has 6 rings (SSSR count). The van der Waals surface area contributed by atoms with E-state index < -0.39 is 29.1 Å². The van der Waals surface area contributed by atoms with Crippen molar-refractivity contribution in [1.29, 1.82) is 0 Å². The van der Waals surface area contributed by atoms with Gasteiger partial charge < -0.3 is 24.5 Å². The van der Waals surface area contributed by atoms with Gasteiger partial charge in [0.2, 0.25) is 17.7 Å². The van der Waals surface area contributed by atoms with Gasteiger partial charge in [0.1, 0.15) is 23.8 Å². The number of fused-ring (bicyclic) bond motifs is 2. The molecule has 2 unspecified atom stereocenters. The Balaban J connectivity index is 1.37. The molecule has 0 radical (unpaired) electrons. The Morgan fingerprint density at radius 3 is 2.43 bits per heavy atom. The number of carbonyl (C=O) groups excluding carboxylic acids is 3. The molecule has 5 atom stereocenters. The van der Waals surface area contributed by atoms with Gasteiger partial charge >= 0.3 is 0 Å². The molecular formula is C38H48N6O5. The SMILES string of the molecule is C=CCN(Cn1nnc2ccccc21)C(=O)C1N(CCCCCCO)C(=O)[C@@H]2[C@H](C(=O)N(CC=C)Cc3ccccc3)[C@]3(CC)CCC12O3. The van der Waals surface area contributed by atoms with Crippen molar-refractivity contribution in [2.24, 2.45) is 11.8 Å². The van der Waals surface area contributed by atoms with Crippen LogP contribution in [-0.4, -0.2) is 96.0 Å². The number of aliphatic hydroxyl groups excluding tert-OH is 1. The van der Waals surface area contributed by atoms with Gasteiger partial charge in [-0.1, -0.05) is 79.6 Å². The molecule has 11 heteroatoms. The summed E-state index contributed by atoms with van der Waals surface area (Å²) in [5.41, 5.74) is 0.490. The highest BCUT2D eigenvalue weighted by molar-refractivity contribution is 5.99. The highest BCUT2D eigenvalue weighted by Gasteiger charge is 2.79. The van der Waals surface area contributed by atoms with Gasteiger partial charge in [-0.15, -0.1) is 18.3 Å². The number of nitrogens with zero attached hydrogens (tertiary/aromatic N) is 6. The van der Waals surface area contributed by atoms with Gasteiger partial charge in [-0.25, -0.2) is 4.68 Å². The van der Waals surface area contributed by atoms with E-state index in [1.165, 1.54) is 0 Å². The third kappa shape index (κ3) is 6.18. The second kappa shape index (κ2) is 14.6. The van der Waals surface area contributed by atoms with Crippen molar-refractivity contribution in [3.8, 4) is 0 Å². The van der Waals surface area contributed by atoms with E-state index in [0.29, 0.717) is 51.7 Å². The molecule has 3 amide bonds. The normalized spacial score (nSPS) is 25.5. The molecule has 1 aromatic heterocycles. The number of benzene rings is 2. The summed E-state index contributed by atoms with van der Waals surface area (Å²) in [6, 6.07) is 16.5. The van der Waals surface area contributed by atoms with Crippen molar-refractivity contribution in [2.75, 3.05) is 26.2 Å². The average molecular weight is 669 g/mol. The molecular weight excluding hydrogens is 620 g/mol. The molecule has 260 valence electrons. The van der Waals surface area contributed by atoms with Gasteiger partial charge in [0.05, 0.1) is 23.0 Å². The number of hydrogen-bond donors (Lipinski definition) is 1. The van der Waals surface area contributed by atoms with E-state index in [1.807, 2.05) is 61.5 Å². The zero-order chi connectivity index (χ0) is 34.6. The fourth-order valence-electron chi connectivity index (χ4n) is 8.48. The lowest BCUT2D eigenvalue weighted by Crippen LogP contribution is -2.56. The van der Waals surface area contributed by atoms with Crippen LogP contribution in [0.2, 0.25) is 0 Å². The summed E-state index contributed by atoms with van der Waals surface area (Å²) < 4.78 is 8.75. The first-order chi connectivity index (χ1) is 23.8. The molecule has 1 N–H and O–H groups in total. The zero-order valence-corrected chi connectivity index (χ0v) is 28.5. The van der Waals surface area contributed by atoms with Gasteiger partial charge in [-0.05, 0) is 49.8 Å². The summed E-state index contributed by atoms with van der Waals surface area (Å²) in [6.45, 7) is 11.4. The molecule has 3 fully saturated rings. The Bertz CT molecular complexity index is 1680. The Kier molecular flexibility index (Phi) is 10.3. The van der Waals surface area contributed by atoms with Gasteiger partial charge in [0, 0.05) is 32.8 Å². The quantitative estimate of drug-likeness (QED) is 0.168. The highest BCUT2D eigenvalue weighted by atomic mass is 16.5. The molecule has 11 nitrogen and oxygen atoms in total. The number of unbranched alkanes of at least 4 members (excludes halogenated alkanes) is 3. The Morgan fingerprint density at radius 1 is 0.980 bits per heavy atom. The predicted octanol–water partition coefficient (Wildman–Crippen LogP) is 4.33. The number of para-hydroxylation sites is 1. The Morgan fingerprint density at radius 2 is 1.69 bits per heavy atom. The fraction of sp³-hybridized carbons (Fsp3) is 0.500. The summed E-state index contributed by atoms with van der Waals surface area (Å²) in [6.07, 6.45) is 8.00. The maximum Gasteiger partial charge on any atom is 0.250 e. The number of rotatable bonds is 17. The maximum absolute atomic E-state index is 15.0. The molecule has 3 saturated heterocycles. The number of aromatic nitrogens is 3. The third-order valence-corrected chi connectivity index (χ3v) is 10.8. The first-order valence-corrected chi connectivity index (χ1v) is 17.6. The Labute approximate surface area is 288 Å². The number of carbonyl (C=O) groups is 3. The summed E-state index contributed by atoms with van der Waals surface area (Å²) in [7, 11) is 0. The largest absolute Gasteiger partial charge is 0.396 e. The smallest absolute Gasteiger partial charge is 0.250 e. The molecule has 0 aliphatic carbocycles. The van der Waals surface area contributed by atoms with Gasteiger partial charge in [0.15, 0.2) is 0 Å². The first kappa shape index (κ1) is 34.5. The second-order valence-corrected chi connectivity index (χ2v) is 13.6. The van der Waals surface area contributed by atoms with Gasteiger partial charge in [-0.3, -0.25) is 14.4 Å². The summed E-state index contributed by atoms with van der Waals surface area (Å²) in [5.74, 6) is -2.11. The zero-order valence-electron chi connectivity index (χ0n) is 28.5. The number of likely N-dealkylation sites (tertiary alicyclic amines) is 1. The van der Waals surface area contributed by atoms with Crippen LogP contribution in [0.5, 0.6) is 0 Å². The molecule has 3 aliphatic rings. The summed E-state index contributed by atoms with van der Waals surface area (Å²) >= 11 is 0. The number of amides is 3. The minimum atomic E-state index is -1.15. The lowest BCUT2D eigenvalue weighted by Gasteiger charge is -2.37. The topological polar surface area (TPSA) is 121 Å². The molecule has 3 aromatic rings. The molecule has 4 heterocycles. The van der Waals surface area contributed by atoms with Crippen molar-refractivity contribution in [3.63, 3.8) is 0 Å². The van der Waals surface area contributed by atoms with Crippen LogP contribution >= 0.6 is 0 Å². The minimum absolute atomic E-state index is 0.114. The molecule has 2 aromatic carbocycles. The van der Waals surface area contributed by atoms with E-state index in [2.05, 4.69) is 23.5 Å². The van der Waals surface area contributed by atoms with E-state index in [9.17, 15) is 19.5 Å². The van der Waals surface area contributed by atoms with Crippen LogP contribution in [0, 0.1) is 11.8 Å². The maximum atomic E-state index is 15.0. The molecule has 3 aliphatic heterocycles. The van der Waals surface area contributed by atoms with E-state index in [1.54, 1.807) is 31.5 Å². The van der Waals surface area contributed by atoms with Gasteiger partial charge in [-0.2, -0.15) is 0 Å². The van der Waals surface area contributed by atoms with Crippen LogP contribution in [-0.2, 0) is 32.3 Å². The van der Waals surface area contributed by atoms with Crippen LogP contribution in [0.3, 0.4) is 0 Å². The number of ether oxygens (including phenoxy) is 1. The van der Waals surface area contributed by atoms with Crippen molar-refractivity contribution >= 4 is 28.8 Å². The lowest BCUT2D eigenvalue weighted by molar-refractivity contribution is -0.156. The second-order valence-electron chi connectivity index (χ2n) is 13.6. The van der Waals surface area contributed by atoms with Crippen molar-refractivity contribution < 1.29 is 24.2 Å². The van der Waals surface area contributed by atoms with Crippen molar-refractivity contribution in [3.05, 3.63) is 85.5 Å². The van der Waals surface area contributed by atoms with Crippen LogP contribution in [0.25, 0.3) is 11.0 Å². The molecule has 0 saturated carbocycles. The first-order valence-electron chi connectivity index (χ1n) is 17.6. The van der Waals surface area contributed by atoms with Crippen LogP contribution < -0.4 is 0 Å². The molecule has 2 bridgehead atoms. The molecule has 49 heavy (non-hydrogen) atoms. The highest BCUT2D eigenvalue weighted by Crippen LogP contribution is 2.64. The van der Waals surface area contributed by atoms with Crippen LogP contribution in [0.1, 0.15) is 57.4 Å². The fourth-order valence-corrected chi connectivity index (χ4v) is 8.48. The van der Waals surface area contributed by atoms with E-state index >= 15 is 0 Å². The monoisotopic (exact) mass is 668 g/mol. The van der Waals surface area contributed by atoms with Crippen molar-refractivity contribution in [2.45, 2.75) is 82.3 Å². The predicted molar refractivity (Wildman–Crippen MR) is 186 cm³/mol. The van der Waals surface area contributed by atoms with E-state index in [-0.39, 0.29) is 37.5 Å². The molecule has 1 spiro atoms. The number of aliphatic hydroxyl groups is 1. The summed E-state index contributed by atoms with van der Waals surface area (Å²) in [5, 5.41) is 17.9. The average Bonchev–Trinajstić information content (AvgIpc) is 3.85. The van der Waals surface area contributed by atoms with Crippen molar-refractivity contribution in [1.82, 2.24) is 29.7 Å². The minimum Gasteiger partial charge on any atom is -0.396 e. The van der Waals surface area contributed by atoms with Gasteiger partial charge in [0.25, 0.3) is 0 Å².